The van der Waals surface area contributed by atoms with Crippen LogP contribution in [-0.2, 0) is 4.79 Å². The van der Waals surface area contributed by atoms with Crippen LogP contribution in [0.1, 0.15) is 31.7 Å². The highest BCUT2D eigenvalue weighted by Crippen LogP contribution is 2.22. The average Bonchev–Trinajstić information content (AvgIpc) is 3.17. The minimum absolute atomic E-state index is 0.247. The van der Waals surface area contributed by atoms with Gasteiger partial charge in [0, 0.05) is 38.3 Å². The van der Waals surface area contributed by atoms with Gasteiger partial charge in [0.05, 0.1) is 0 Å². The predicted molar refractivity (Wildman–Crippen MR) is 109 cm³/mol. The lowest BCUT2D eigenvalue weighted by Crippen LogP contribution is -2.54. The van der Waals surface area contributed by atoms with Crippen LogP contribution in [0.5, 0.6) is 0 Å². The van der Waals surface area contributed by atoms with Gasteiger partial charge in [-0.1, -0.05) is 31.3 Å². The van der Waals surface area contributed by atoms with Crippen molar-refractivity contribution in [2.45, 2.75) is 32.7 Å². The lowest BCUT2D eigenvalue weighted by Gasteiger charge is -2.35. The number of pyridine rings is 1. The second-order valence-corrected chi connectivity index (χ2v) is 7.93. The first-order chi connectivity index (χ1) is 13.4. The minimum Gasteiger partial charge on any atom is -0.353 e. The van der Waals surface area contributed by atoms with Crippen LogP contribution in [0, 0.1) is 0 Å². The molecule has 0 bridgehead atoms. The summed E-state index contributed by atoms with van der Waals surface area (Å²) in [6, 6.07) is 4.87. The molecule has 1 atom stereocenters. The molecule has 0 radical (unpaired) electrons. The number of piperazine rings is 1. The van der Waals surface area contributed by atoms with Crippen molar-refractivity contribution in [1.29, 1.82) is 0 Å². The van der Waals surface area contributed by atoms with Gasteiger partial charge in [-0.2, -0.15) is 0 Å². The third-order valence-electron chi connectivity index (χ3n) is 4.44. The number of urea groups is 1. The van der Waals surface area contributed by atoms with Crippen molar-refractivity contribution in [3.8, 4) is 0 Å². The van der Waals surface area contributed by atoms with Crippen LogP contribution in [-0.4, -0.2) is 64.2 Å². The van der Waals surface area contributed by atoms with E-state index in [0.717, 1.165) is 10.8 Å². The van der Waals surface area contributed by atoms with E-state index in [1.165, 1.54) is 11.3 Å². The predicted octanol–water partition coefficient (Wildman–Crippen LogP) is 1.92. The number of carbonyl (C=O) groups is 2. The van der Waals surface area contributed by atoms with Gasteiger partial charge < -0.3 is 15.1 Å². The molecule has 0 spiro atoms. The van der Waals surface area contributed by atoms with E-state index < -0.39 is 6.04 Å². The first-order valence-corrected chi connectivity index (χ1v) is 10.1. The number of hydrogen-bond donors (Lipinski definition) is 2. The van der Waals surface area contributed by atoms with Crippen LogP contribution in [0.15, 0.2) is 24.4 Å². The van der Waals surface area contributed by atoms with Gasteiger partial charge in [-0.25, -0.2) is 9.78 Å². The zero-order valence-electron chi connectivity index (χ0n) is 16.3. The number of anilines is 2. The van der Waals surface area contributed by atoms with Crippen LogP contribution in [0.2, 0.25) is 0 Å². The molecule has 2 aromatic heterocycles. The van der Waals surface area contributed by atoms with Gasteiger partial charge in [0.1, 0.15) is 16.9 Å². The summed E-state index contributed by atoms with van der Waals surface area (Å²) in [5, 5.41) is 14.8. The van der Waals surface area contributed by atoms with Crippen molar-refractivity contribution < 1.29 is 9.59 Å². The minimum atomic E-state index is -0.673. The highest BCUT2D eigenvalue weighted by atomic mass is 32.1. The fourth-order valence-corrected chi connectivity index (χ4v) is 3.50. The van der Waals surface area contributed by atoms with Crippen LogP contribution >= 0.6 is 11.3 Å². The summed E-state index contributed by atoms with van der Waals surface area (Å²) in [7, 11) is 0. The van der Waals surface area contributed by atoms with E-state index in [1.54, 1.807) is 18.0 Å². The molecule has 0 saturated carbocycles. The molecular formula is C18H25N7O2S. The SMILES string of the molecule is CC(C)c1nnc(NC(=O)[C@@H](C)NC(=O)N2CCN(c3ccccn3)CC2)s1. The molecule has 0 unspecified atom stereocenters. The van der Waals surface area contributed by atoms with E-state index in [1.807, 2.05) is 32.0 Å². The lowest BCUT2D eigenvalue weighted by molar-refractivity contribution is -0.117. The Morgan fingerprint density at radius 3 is 2.46 bits per heavy atom. The quantitative estimate of drug-likeness (QED) is 0.791. The van der Waals surface area contributed by atoms with Crippen molar-refractivity contribution in [2.24, 2.45) is 0 Å². The number of amides is 3. The number of aromatic nitrogens is 3. The first-order valence-electron chi connectivity index (χ1n) is 9.29. The van der Waals surface area contributed by atoms with Crippen LogP contribution in [0.4, 0.5) is 15.7 Å². The summed E-state index contributed by atoms with van der Waals surface area (Å²) >= 11 is 1.34. The lowest BCUT2D eigenvalue weighted by atomic mass is 10.2. The Bertz CT molecular complexity index is 803. The molecule has 2 N–H and O–H groups in total. The van der Waals surface area contributed by atoms with Crippen molar-refractivity contribution in [3.05, 3.63) is 29.4 Å². The molecule has 28 heavy (non-hydrogen) atoms. The Balaban J connectivity index is 1.46. The van der Waals surface area contributed by atoms with Crippen LogP contribution in [0.25, 0.3) is 0 Å². The second kappa shape index (κ2) is 8.96. The monoisotopic (exact) mass is 403 g/mol. The van der Waals surface area contributed by atoms with E-state index in [0.29, 0.717) is 31.3 Å². The standard InChI is InChI=1S/C18H25N7O2S/c1-12(2)16-22-23-17(28-16)21-15(26)13(3)20-18(27)25-10-8-24(9-11-25)14-6-4-5-7-19-14/h4-7,12-13H,8-11H2,1-3H3,(H,20,27)(H,21,23,26)/t13-/m1/s1. The van der Waals surface area contributed by atoms with Crippen molar-refractivity contribution >= 4 is 34.2 Å². The maximum atomic E-state index is 12.5. The Morgan fingerprint density at radius 1 is 1.11 bits per heavy atom. The molecule has 0 aliphatic carbocycles. The van der Waals surface area contributed by atoms with Gasteiger partial charge >= 0.3 is 6.03 Å². The summed E-state index contributed by atoms with van der Waals surface area (Å²) in [4.78, 5) is 33.0. The Kier molecular flexibility index (Phi) is 6.40. The maximum absolute atomic E-state index is 12.5. The summed E-state index contributed by atoms with van der Waals surface area (Å²) in [6.45, 7) is 8.24. The van der Waals surface area contributed by atoms with Crippen molar-refractivity contribution in [2.75, 3.05) is 36.4 Å². The normalized spacial score (nSPS) is 15.4. The van der Waals surface area contributed by atoms with Crippen LogP contribution < -0.4 is 15.5 Å². The highest BCUT2D eigenvalue weighted by Gasteiger charge is 2.25. The Labute approximate surface area is 168 Å². The molecule has 2 aromatic rings. The summed E-state index contributed by atoms with van der Waals surface area (Å²) in [6.07, 6.45) is 1.76. The fourth-order valence-electron chi connectivity index (χ4n) is 2.75. The topological polar surface area (TPSA) is 103 Å². The number of nitrogens with zero attached hydrogens (tertiary/aromatic N) is 5. The molecule has 3 amide bonds. The second-order valence-electron chi connectivity index (χ2n) is 6.92. The smallest absolute Gasteiger partial charge is 0.318 e. The van der Waals surface area contributed by atoms with E-state index in [2.05, 4.69) is 30.7 Å². The molecule has 1 aliphatic heterocycles. The van der Waals surface area contributed by atoms with Gasteiger partial charge in [-0.3, -0.25) is 10.1 Å². The number of rotatable bonds is 5. The van der Waals surface area contributed by atoms with E-state index in [4.69, 9.17) is 0 Å². The molecular weight excluding hydrogens is 378 g/mol. The zero-order valence-corrected chi connectivity index (χ0v) is 17.1. The highest BCUT2D eigenvalue weighted by molar-refractivity contribution is 7.15. The molecule has 9 nitrogen and oxygen atoms in total. The number of nitrogens with one attached hydrogen (secondary N) is 2. The number of carbonyl (C=O) groups excluding carboxylic acids is 2. The molecule has 10 heteroatoms. The van der Waals surface area contributed by atoms with Gasteiger partial charge in [-0.05, 0) is 19.1 Å². The average molecular weight is 404 g/mol. The van der Waals surface area contributed by atoms with Crippen molar-refractivity contribution in [3.63, 3.8) is 0 Å². The summed E-state index contributed by atoms with van der Waals surface area (Å²) in [5.41, 5.74) is 0. The Hall–Kier alpha value is -2.75. The third-order valence-corrected chi connectivity index (χ3v) is 5.58. The van der Waals surface area contributed by atoms with E-state index >= 15 is 0 Å². The number of hydrogen-bond acceptors (Lipinski definition) is 7. The van der Waals surface area contributed by atoms with E-state index in [9.17, 15) is 9.59 Å². The molecule has 150 valence electrons. The molecule has 0 aromatic carbocycles. The maximum Gasteiger partial charge on any atom is 0.318 e. The third kappa shape index (κ3) is 4.94. The first kappa shape index (κ1) is 20.0. The fraction of sp³-hybridized carbons (Fsp3) is 0.500. The summed E-state index contributed by atoms with van der Waals surface area (Å²) in [5.74, 6) is 0.852. The molecule has 1 saturated heterocycles. The van der Waals surface area contributed by atoms with Crippen LogP contribution in [0.3, 0.4) is 0 Å². The zero-order chi connectivity index (χ0) is 20.1. The van der Waals surface area contributed by atoms with Gasteiger partial charge in [0.2, 0.25) is 11.0 Å². The Morgan fingerprint density at radius 2 is 1.86 bits per heavy atom. The van der Waals surface area contributed by atoms with E-state index in [-0.39, 0.29) is 17.9 Å². The van der Waals surface area contributed by atoms with Gasteiger partial charge in [0.25, 0.3) is 0 Å². The van der Waals surface area contributed by atoms with Gasteiger partial charge in [-0.15, -0.1) is 10.2 Å². The van der Waals surface area contributed by atoms with Crippen molar-refractivity contribution in [1.82, 2.24) is 25.4 Å². The molecule has 1 aliphatic rings. The molecule has 3 rings (SSSR count). The molecule has 3 heterocycles. The summed E-state index contributed by atoms with van der Waals surface area (Å²) < 4.78 is 0. The largest absolute Gasteiger partial charge is 0.353 e. The van der Waals surface area contributed by atoms with Gasteiger partial charge in [0.15, 0.2) is 0 Å². The molecule has 1 fully saturated rings.